The molecule has 2 aromatic rings. The van der Waals surface area contributed by atoms with Crippen LogP contribution in [0.15, 0.2) is 26.6 Å². The average Bonchev–Trinajstić information content (AvgIpc) is 3.29. The summed E-state index contributed by atoms with van der Waals surface area (Å²) in [6, 6.07) is 2.41. The van der Waals surface area contributed by atoms with E-state index in [0.29, 0.717) is 17.5 Å². The molecule has 32 heavy (non-hydrogen) atoms. The molecule has 2 aromatic carbocycles. The number of hydrogen-bond donors (Lipinski definition) is 3. The van der Waals surface area contributed by atoms with Crippen LogP contribution in [-0.2, 0) is 19.6 Å². The van der Waals surface area contributed by atoms with Gasteiger partial charge in [-0.15, -0.1) is 0 Å². The highest BCUT2D eigenvalue weighted by atomic mass is 35.5. The molecule has 1 unspecified atom stereocenters. The molecule has 0 aromatic heterocycles. The van der Waals surface area contributed by atoms with E-state index in [0.717, 1.165) is 12.8 Å². The lowest BCUT2D eigenvalue weighted by Crippen LogP contribution is -2.42. The molecule has 176 valence electrons. The van der Waals surface area contributed by atoms with Crippen molar-refractivity contribution in [2.45, 2.75) is 50.2 Å². The van der Waals surface area contributed by atoms with Crippen molar-refractivity contribution in [1.29, 1.82) is 0 Å². The van der Waals surface area contributed by atoms with Crippen LogP contribution >= 0.6 is 11.6 Å². The van der Waals surface area contributed by atoms with Gasteiger partial charge in [0.15, 0.2) is 5.75 Å². The van der Waals surface area contributed by atoms with Crippen LogP contribution in [0.5, 0.6) is 5.75 Å². The smallest absolute Gasteiger partial charge is 0.270 e. The molecule has 2 atom stereocenters. The summed E-state index contributed by atoms with van der Waals surface area (Å²) in [6.45, 7) is 4.11. The zero-order chi connectivity index (χ0) is 23.6. The maximum atomic E-state index is 12.8. The van der Waals surface area contributed by atoms with Crippen LogP contribution in [0, 0.1) is 0 Å². The molecule has 3 N–H and O–H groups in total. The fourth-order valence-electron chi connectivity index (χ4n) is 3.74. The van der Waals surface area contributed by atoms with E-state index < -0.39 is 31.5 Å². The molecule has 0 amide bonds. The first kappa shape index (κ1) is 24.5. The van der Waals surface area contributed by atoms with Crippen molar-refractivity contribution in [1.82, 2.24) is 4.47 Å². The number of hydrogen-bond acceptors (Lipinski definition) is 9. The molecule has 12 heteroatoms. The summed E-state index contributed by atoms with van der Waals surface area (Å²) in [6.07, 6.45) is 2.36. The number of anilines is 3. The number of nitrogens with zero attached hydrogens (tertiary/aromatic N) is 1. The number of phenols is 1. The second-order valence-corrected chi connectivity index (χ2v) is 9.50. The van der Waals surface area contributed by atoms with Crippen LogP contribution < -0.4 is 21.5 Å². The third-order valence-electron chi connectivity index (χ3n) is 5.42. The van der Waals surface area contributed by atoms with Gasteiger partial charge in [-0.3, -0.25) is 14.4 Å². The SMILES string of the molecule is CCC(Nc1c(Nc2ccc(Cl)c(S(=O)(=O)N(CC)OC)c2O)c(=O)c1=O)[C@H]1CCCO1. The lowest BCUT2D eigenvalue weighted by Gasteiger charge is -2.26. The van der Waals surface area contributed by atoms with Gasteiger partial charge in [-0.25, -0.2) is 8.42 Å². The summed E-state index contributed by atoms with van der Waals surface area (Å²) >= 11 is 6.06. The van der Waals surface area contributed by atoms with Crippen molar-refractivity contribution >= 4 is 38.7 Å². The monoisotopic (exact) mass is 487 g/mol. The molecule has 0 saturated carbocycles. The molecule has 1 heterocycles. The quantitative estimate of drug-likeness (QED) is 0.262. The number of hydroxylamine groups is 1. The highest BCUT2D eigenvalue weighted by Gasteiger charge is 2.33. The molecule has 1 fully saturated rings. The van der Waals surface area contributed by atoms with Crippen molar-refractivity contribution in [3.8, 4) is 5.75 Å². The number of nitrogens with one attached hydrogen (secondary N) is 2. The number of sulfonamides is 1. The van der Waals surface area contributed by atoms with Crippen molar-refractivity contribution < 1.29 is 23.1 Å². The fourth-order valence-corrected chi connectivity index (χ4v) is 5.59. The summed E-state index contributed by atoms with van der Waals surface area (Å²) in [7, 11) is -3.12. The maximum Gasteiger partial charge on any atom is 0.270 e. The van der Waals surface area contributed by atoms with E-state index >= 15 is 0 Å². The normalized spacial score (nSPS) is 17.7. The van der Waals surface area contributed by atoms with Gasteiger partial charge in [0.1, 0.15) is 16.3 Å². The van der Waals surface area contributed by atoms with Gasteiger partial charge in [-0.2, -0.15) is 0 Å². The van der Waals surface area contributed by atoms with Crippen molar-refractivity contribution in [2.24, 2.45) is 0 Å². The van der Waals surface area contributed by atoms with Gasteiger partial charge in [0.05, 0.1) is 30.0 Å². The Labute approximate surface area is 190 Å². The van der Waals surface area contributed by atoms with E-state index in [9.17, 15) is 23.1 Å². The Morgan fingerprint density at radius 3 is 2.53 bits per heavy atom. The van der Waals surface area contributed by atoms with E-state index in [4.69, 9.17) is 21.2 Å². The minimum atomic E-state index is -4.29. The molecule has 3 rings (SSSR count). The highest BCUT2D eigenvalue weighted by Crippen LogP contribution is 2.40. The van der Waals surface area contributed by atoms with E-state index in [1.807, 2.05) is 6.92 Å². The van der Waals surface area contributed by atoms with Crippen LogP contribution in [0.1, 0.15) is 33.1 Å². The van der Waals surface area contributed by atoms with E-state index in [1.54, 1.807) is 6.92 Å². The highest BCUT2D eigenvalue weighted by molar-refractivity contribution is 7.89. The first-order chi connectivity index (χ1) is 15.2. The second kappa shape index (κ2) is 9.75. The van der Waals surface area contributed by atoms with E-state index in [-0.39, 0.29) is 40.8 Å². The summed E-state index contributed by atoms with van der Waals surface area (Å²) in [5.74, 6) is -0.696. The molecule has 0 bridgehead atoms. The second-order valence-electron chi connectivity index (χ2n) is 7.32. The topological polar surface area (TPSA) is 134 Å². The Morgan fingerprint density at radius 2 is 1.97 bits per heavy atom. The zero-order valence-electron chi connectivity index (χ0n) is 18.0. The van der Waals surface area contributed by atoms with Crippen molar-refractivity contribution in [3.63, 3.8) is 0 Å². The predicted octanol–water partition coefficient (Wildman–Crippen LogP) is 2.33. The Balaban J connectivity index is 1.95. The molecular weight excluding hydrogens is 462 g/mol. The molecule has 0 radical (unpaired) electrons. The molecule has 0 aliphatic carbocycles. The number of rotatable bonds is 10. The van der Waals surface area contributed by atoms with Crippen molar-refractivity contribution in [3.05, 3.63) is 37.6 Å². The molecular formula is C20H26ClN3O7S. The van der Waals surface area contributed by atoms with Gasteiger partial charge in [-0.1, -0.05) is 23.0 Å². The van der Waals surface area contributed by atoms with Gasteiger partial charge in [0.2, 0.25) is 0 Å². The number of aromatic hydroxyl groups is 1. The minimum Gasteiger partial charge on any atom is -0.504 e. The first-order valence-corrected chi connectivity index (χ1v) is 12.1. The maximum absolute atomic E-state index is 12.8. The summed E-state index contributed by atoms with van der Waals surface area (Å²) in [4.78, 5) is 28.7. The summed E-state index contributed by atoms with van der Waals surface area (Å²) in [5.41, 5.74) is -1.56. The summed E-state index contributed by atoms with van der Waals surface area (Å²) < 4.78 is 32.0. The lowest BCUT2D eigenvalue weighted by molar-refractivity contribution is -0.0443. The Bertz CT molecular complexity index is 1150. The third-order valence-corrected chi connectivity index (χ3v) is 7.72. The number of benzene rings is 1. The van der Waals surface area contributed by atoms with Gasteiger partial charge < -0.3 is 20.5 Å². The van der Waals surface area contributed by atoms with Crippen LogP contribution in [0.25, 0.3) is 0 Å². The Kier molecular flexibility index (Phi) is 7.46. The average molecular weight is 488 g/mol. The van der Waals surface area contributed by atoms with Gasteiger partial charge in [0.25, 0.3) is 20.9 Å². The number of ether oxygens (including phenoxy) is 1. The van der Waals surface area contributed by atoms with Crippen LogP contribution in [0.3, 0.4) is 0 Å². The molecule has 10 nitrogen and oxygen atoms in total. The van der Waals surface area contributed by atoms with Crippen LogP contribution in [-0.4, -0.2) is 50.4 Å². The van der Waals surface area contributed by atoms with E-state index in [2.05, 4.69) is 10.6 Å². The molecule has 1 saturated heterocycles. The standard InChI is InChI=1S/C20H26ClN3O7S/c1-4-12(14-7-6-10-31-14)22-15-16(19(27)18(15)26)23-13-9-8-11(21)20(17(13)25)32(28,29)24(5-2)30-3/h8-9,12,14,22-23,25H,4-7,10H2,1-3H3/t12?,14-/m1/s1. The minimum absolute atomic E-state index is 0.0277. The van der Waals surface area contributed by atoms with E-state index in [1.165, 1.54) is 19.2 Å². The van der Waals surface area contributed by atoms with Crippen molar-refractivity contribution in [2.75, 3.05) is 30.9 Å². The van der Waals surface area contributed by atoms with Crippen LogP contribution in [0.2, 0.25) is 5.02 Å². The zero-order valence-corrected chi connectivity index (χ0v) is 19.5. The predicted molar refractivity (Wildman–Crippen MR) is 121 cm³/mol. The lowest BCUT2D eigenvalue weighted by atomic mass is 10.0. The molecule has 0 spiro atoms. The Hall–Kier alpha value is -2.18. The summed E-state index contributed by atoms with van der Waals surface area (Å²) in [5, 5.41) is 16.2. The first-order valence-electron chi connectivity index (χ1n) is 10.2. The van der Waals surface area contributed by atoms with Gasteiger partial charge in [-0.05, 0) is 38.3 Å². The van der Waals surface area contributed by atoms with Gasteiger partial charge in [0, 0.05) is 13.2 Å². The third kappa shape index (κ3) is 4.35. The van der Waals surface area contributed by atoms with Crippen LogP contribution in [0.4, 0.5) is 17.1 Å². The largest absolute Gasteiger partial charge is 0.504 e. The Morgan fingerprint density at radius 1 is 1.28 bits per heavy atom. The fraction of sp³-hybridized carbons (Fsp3) is 0.500. The number of phenolic OH excluding ortho intramolecular Hbond substituents is 1. The molecule has 1 aliphatic heterocycles. The van der Waals surface area contributed by atoms with Gasteiger partial charge >= 0.3 is 0 Å². The molecule has 1 aliphatic rings. The number of halogens is 1.